The van der Waals surface area contributed by atoms with Crippen molar-refractivity contribution >= 4 is 22.2 Å². The van der Waals surface area contributed by atoms with Gasteiger partial charge in [-0.1, -0.05) is 182 Å². The average Bonchev–Trinajstić information content (AvgIpc) is 3.24. The molecule has 3 atom stereocenters. The molecule has 2 aliphatic carbocycles. The average molecular weight is 665 g/mol. The van der Waals surface area contributed by atoms with Crippen molar-refractivity contribution < 1.29 is 0 Å². The molecular weight excluding hydrogens is 629 g/mol. The SMILES string of the molecule is C1=CC2c3ccccc3-c3ccc4ccc(-c5ccc(-c6ccc(C7=N[C@H](c8ccccc8)NC(c8ccccc8)=C7)cc6)cc5)cc4c3C2C=C1. The summed E-state index contributed by atoms with van der Waals surface area (Å²) in [5.74, 6) is 0.697. The summed E-state index contributed by atoms with van der Waals surface area (Å²) in [6.07, 6.45) is 11.2. The minimum Gasteiger partial charge on any atom is -0.360 e. The number of hydrogen-bond acceptors (Lipinski definition) is 2. The summed E-state index contributed by atoms with van der Waals surface area (Å²) in [6.45, 7) is 0. The second-order valence-corrected chi connectivity index (χ2v) is 13.9. The highest BCUT2D eigenvalue weighted by atomic mass is 15.1. The zero-order valence-corrected chi connectivity index (χ0v) is 28.7. The van der Waals surface area contributed by atoms with E-state index in [-0.39, 0.29) is 6.17 Å². The molecule has 10 rings (SSSR count). The van der Waals surface area contributed by atoms with Crippen LogP contribution in [0, 0.1) is 0 Å². The van der Waals surface area contributed by atoms with Crippen molar-refractivity contribution in [3.63, 3.8) is 0 Å². The van der Waals surface area contributed by atoms with Crippen LogP contribution in [-0.2, 0) is 0 Å². The van der Waals surface area contributed by atoms with Crippen molar-refractivity contribution in [2.24, 2.45) is 4.99 Å². The Morgan fingerprint density at radius 1 is 0.462 bits per heavy atom. The van der Waals surface area contributed by atoms with Crippen LogP contribution >= 0.6 is 0 Å². The van der Waals surface area contributed by atoms with Crippen molar-refractivity contribution in [1.82, 2.24) is 5.32 Å². The Bertz CT molecular complexity index is 2570. The molecule has 3 aliphatic rings. The van der Waals surface area contributed by atoms with Gasteiger partial charge in [0.1, 0.15) is 6.17 Å². The lowest BCUT2D eigenvalue weighted by molar-refractivity contribution is 0.664. The monoisotopic (exact) mass is 664 g/mol. The van der Waals surface area contributed by atoms with E-state index in [1.807, 2.05) is 6.07 Å². The Kier molecular flexibility index (Phi) is 7.39. The summed E-state index contributed by atoms with van der Waals surface area (Å²) < 4.78 is 0. The first-order valence-corrected chi connectivity index (χ1v) is 18.2. The fraction of sp³-hybridized carbons (Fsp3) is 0.0600. The Morgan fingerprint density at radius 3 is 1.81 bits per heavy atom. The van der Waals surface area contributed by atoms with Gasteiger partial charge >= 0.3 is 0 Å². The van der Waals surface area contributed by atoms with E-state index in [1.165, 1.54) is 55.3 Å². The molecular formula is C50H36N2. The van der Waals surface area contributed by atoms with Gasteiger partial charge in [0.05, 0.1) is 5.71 Å². The van der Waals surface area contributed by atoms with Crippen LogP contribution in [0.2, 0.25) is 0 Å². The number of benzene rings is 7. The molecule has 2 unspecified atom stereocenters. The molecule has 7 aromatic rings. The summed E-state index contributed by atoms with van der Waals surface area (Å²) in [5.41, 5.74) is 15.9. The van der Waals surface area contributed by atoms with E-state index < -0.39 is 0 Å². The molecule has 0 aromatic heterocycles. The van der Waals surface area contributed by atoms with Crippen molar-refractivity contribution in [1.29, 1.82) is 0 Å². The Hall–Kier alpha value is -6.51. The van der Waals surface area contributed by atoms with Crippen LogP contribution in [0.5, 0.6) is 0 Å². The van der Waals surface area contributed by atoms with Gasteiger partial charge in [0.15, 0.2) is 0 Å². The van der Waals surface area contributed by atoms with Crippen LogP contribution in [0.25, 0.3) is 49.9 Å². The summed E-state index contributed by atoms with van der Waals surface area (Å²) in [6, 6.07) is 59.3. The van der Waals surface area contributed by atoms with Crippen molar-refractivity contribution in [2.75, 3.05) is 0 Å². The second kappa shape index (κ2) is 12.7. The quantitative estimate of drug-likeness (QED) is 0.195. The highest BCUT2D eigenvalue weighted by Crippen LogP contribution is 2.51. The van der Waals surface area contributed by atoms with Crippen LogP contribution in [0.15, 0.2) is 199 Å². The van der Waals surface area contributed by atoms with Gasteiger partial charge in [-0.3, -0.25) is 4.99 Å². The van der Waals surface area contributed by atoms with E-state index in [0.29, 0.717) is 11.8 Å². The summed E-state index contributed by atoms with van der Waals surface area (Å²) in [7, 11) is 0. The molecule has 0 saturated heterocycles. The van der Waals surface area contributed by atoms with Gasteiger partial charge in [0, 0.05) is 17.5 Å². The van der Waals surface area contributed by atoms with Gasteiger partial charge < -0.3 is 5.32 Å². The predicted molar refractivity (Wildman–Crippen MR) is 217 cm³/mol. The third-order valence-electron chi connectivity index (χ3n) is 10.9. The number of nitrogens with zero attached hydrogens (tertiary/aromatic N) is 1. The van der Waals surface area contributed by atoms with Gasteiger partial charge in [-0.15, -0.1) is 0 Å². The molecule has 1 heterocycles. The minimum absolute atomic E-state index is 0.155. The van der Waals surface area contributed by atoms with Crippen LogP contribution in [0.4, 0.5) is 0 Å². The zero-order valence-electron chi connectivity index (χ0n) is 28.7. The number of aliphatic imine (C=N–C) groups is 1. The van der Waals surface area contributed by atoms with Gasteiger partial charge in [-0.25, -0.2) is 0 Å². The summed E-state index contributed by atoms with van der Waals surface area (Å²) in [5, 5.41) is 6.29. The van der Waals surface area contributed by atoms with Crippen LogP contribution in [-0.4, -0.2) is 5.71 Å². The van der Waals surface area contributed by atoms with Gasteiger partial charge in [0.2, 0.25) is 0 Å². The van der Waals surface area contributed by atoms with E-state index in [9.17, 15) is 0 Å². The molecule has 52 heavy (non-hydrogen) atoms. The minimum atomic E-state index is -0.155. The maximum atomic E-state index is 5.15. The van der Waals surface area contributed by atoms with E-state index in [4.69, 9.17) is 4.99 Å². The molecule has 2 heteroatoms. The molecule has 0 radical (unpaired) electrons. The molecule has 7 aromatic carbocycles. The highest BCUT2D eigenvalue weighted by molar-refractivity contribution is 6.13. The smallest absolute Gasteiger partial charge is 0.145 e. The van der Waals surface area contributed by atoms with Crippen LogP contribution in [0.1, 0.15) is 45.8 Å². The van der Waals surface area contributed by atoms with Crippen molar-refractivity contribution in [3.8, 4) is 33.4 Å². The van der Waals surface area contributed by atoms with E-state index in [0.717, 1.165) is 28.1 Å². The number of fused-ring (bicyclic) bond motifs is 8. The van der Waals surface area contributed by atoms with Crippen molar-refractivity contribution in [3.05, 3.63) is 222 Å². The van der Waals surface area contributed by atoms with E-state index in [1.54, 1.807) is 0 Å². The lowest BCUT2D eigenvalue weighted by Gasteiger charge is -2.34. The first-order chi connectivity index (χ1) is 25.8. The molecule has 0 spiro atoms. The molecule has 1 N–H and O–H groups in total. The molecule has 0 amide bonds. The standard InChI is InChI=1S/C50H36N2/c1-3-11-37(12-4-1)47-32-48(52-50(51-47)39-13-5-2-6-14-39)38-26-23-34(24-27-38)33-19-21-35(22-20-33)40-28-25-36-29-30-45-43-17-8-7-15-41(43)42-16-9-10-18-44(42)49(45)46(36)31-40/h1-32,42,44,50-51H/t42?,44?,50-/m1/s1. The predicted octanol–water partition coefficient (Wildman–Crippen LogP) is 12.3. The largest absolute Gasteiger partial charge is 0.360 e. The van der Waals surface area contributed by atoms with Gasteiger partial charge in [-0.05, 0) is 84.1 Å². The Balaban J connectivity index is 0.961. The van der Waals surface area contributed by atoms with Crippen LogP contribution < -0.4 is 5.32 Å². The number of rotatable bonds is 5. The maximum Gasteiger partial charge on any atom is 0.145 e. The third kappa shape index (κ3) is 5.32. The second-order valence-electron chi connectivity index (χ2n) is 13.9. The third-order valence-corrected chi connectivity index (χ3v) is 10.9. The van der Waals surface area contributed by atoms with Gasteiger partial charge in [0.25, 0.3) is 0 Å². The molecule has 0 saturated carbocycles. The first kappa shape index (κ1) is 30.3. The number of nitrogens with one attached hydrogen (secondary N) is 1. The van der Waals surface area contributed by atoms with E-state index >= 15 is 0 Å². The molecule has 2 nitrogen and oxygen atoms in total. The fourth-order valence-corrected chi connectivity index (χ4v) is 8.29. The molecule has 0 bridgehead atoms. The van der Waals surface area contributed by atoms with Crippen LogP contribution in [0.3, 0.4) is 0 Å². The lowest BCUT2D eigenvalue weighted by Crippen LogP contribution is -2.24. The van der Waals surface area contributed by atoms with Gasteiger partial charge in [-0.2, -0.15) is 0 Å². The highest BCUT2D eigenvalue weighted by Gasteiger charge is 2.33. The first-order valence-electron chi connectivity index (χ1n) is 18.2. The number of allylic oxidation sites excluding steroid dienone is 5. The Morgan fingerprint density at radius 2 is 1.06 bits per heavy atom. The Labute approximate surface area is 304 Å². The normalized spacial score (nSPS) is 18.4. The fourth-order valence-electron chi connectivity index (χ4n) is 8.29. The number of hydrogen-bond donors (Lipinski definition) is 1. The molecule has 0 fully saturated rings. The topological polar surface area (TPSA) is 24.4 Å². The van der Waals surface area contributed by atoms with E-state index in [2.05, 4.69) is 193 Å². The zero-order chi connectivity index (χ0) is 34.4. The summed E-state index contributed by atoms with van der Waals surface area (Å²) in [4.78, 5) is 5.15. The molecule has 246 valence electrons. The van der Waals surface area contributed by atoms with Crippen molar-refractivity contribution in [2.45, 2.75) is 18.0 Å². The summed E-state index contributed by atoms with van der Waals surface area (Å²) >= 11 is 0. The molecule has 1 aliphatic heterocycles. The lowest BCUT2D eigenvalue weighted by atomic mass is 9.68. The maximum absolute atomic E-state index is 5.15.